The van der Waals surface area contributed by atoms with Crippen LogP contribution in [-0.2, 0) is 16.1 Å². The van der Waals surface area contributed by atoms with Crippen molar-refractivity contribution in [3.05, 3.63) is 71.0 Å². The fraction of sp³-hybridized carbons (Fsp3) is 0.105. The van der Waals surface area contributed by atoms with E-state index in [2.05, 4.69) is 5.32 Å². The monoisotopic (exact) mass is 354 g/mol. The smallest absolute Gasteiger partial charge is 0.331 e. The predicted molar refractivity (Wildman–Crippen MR) is 91.5 cm³/mol. The number of ether oxygens (including phenoxy) is 1. The molecule has 0 bridgehead atoms. The molecule has 2 aromatic carbocycles. The Morgan fingerprint density at radius 3 is 2.31 bits per heavy atom. The molecule has 0 radical (unpaired) electrons. The standard InChI is InChI=1S/C19H15FN2O4/c1-26-15-8-4-12(5-9-15)10-16-17(23)21-19(25)22(18(16)24)11-13-2-6-14(20)7-3-13/h2-10H,11H2,1H3,(H,21,23,25)/b16-10-. The molecule has 0 spiro atoms. The van der Waals surface area contributed by atoms with Crippen LogP contribution in [0.1, 0.15) is 11.1 Å². The molecule has 0 saturated carbocycles. The molecule has 3 rings (SSSR count). The SMILES string of the molecule is COc1ccc(/C=C2/C(=O)NC(=O)N(Cc3ccc(F)cc3)C2=O)cc1. The summed E-state index contributed by atoms with van der Waals surface area (Å²) in [5.74, 6) is -1.25. The van der Waals surface area contributed by atoms with E-state index in [0.717, 1.165) is 4.90 Å². The molecule has 0 aliphatic carbocycles. The summed E-state index contributed by atoms with van der Waals surface area (Å²) in [5, 5.41) is 2.14. The highest BCUT2D eigenvalue weighted by molar-refractivity contribution is 6.30. The zero-order chi connectivity index (χ0) is 18.7. The van der Waals surface area contributed by atoms with Gasteiger partial charge in [0.05, 0.1) is 13.7 Å². The van der Waals surface area contributed by atoms with Crippen molar-refractivity contribution in [2.75, 3.05) is 7.11 Å². The first kappa shape index (κ1) is 17.3. The summed E-state index contributed by atoms with van der Waals surface area (Å²) in [6, 6.07) is 11.4. The average Bonchev–Trinajstić information content (AvgIpc) is 2.64. The third kappa shape index (κ3) is 3.61. The summed E-state index contributed by atoms with van der Waals surface area (Å²) in [6.45, 7) is -0.0713. The average molecular weight is 354 g/mol. The summed E-state index contributed by atoms with van der Waals surface area (Å²) < 4.78 is 18.1. The molecule has 1 saturated heterocycles. The van der Waals surface area contributed by atoms with Gasteiger partial charge in [-0.15, -0.1) is 0 Å². The quantitative estimate of drug-likeness (QED) is 0.676. The molecule has 1 N–H and O–H groups in total. The normalized spacial score (nSPS) is 16.0. The minimum atomic E-state index is -0.809. The number of urea groups is 1. The Balaban J connectivity index is 1.86. The molecule has 1 aliphatic heterocycles. The van der Waals surface area contributed by atoms with Crippen molar-refractivity contribution in [3.63, 3.8) is 0 Å². The van der Waals surface area contributed by atoms with Crippen LogP contribution < -0.4 is 10.1 Å². The Hall–Kier alpha value is -3.48. The number of hydrogen-bond acceptors (Lipinski definition) is 4. The molecule has 0 atom stereocenters. The minimum Gasteiger partial charge on any atom is -0.497 e. The molecule has 0 unspecified atom stereocenters. The number of carbonyl (C=O) groups excluding carboxylic acids is 3. The lowest BCUT2D eigenvalue weighted by Gasteiger charge is -2.26. The lowest BCUT2D eigenvalue weighted by molar-refractivity contribution is -0.130. The van der Waals surface area contributed by atoms with Crippen LogP contribution in [0.15, 0.2) is 54.1 Å². The molecule has 1 fully saturated rings. The van der Waals surface area contributed by atoms with E-state index in [-0.39, 0.29) is 12.1 Å². The summed E-state index contributed by atoms with van der Waals surface area (Å²) in [4.78, 5) is 37.6. The molecule has 4 amide bonds. The van der Waals surface area contributed by atoms with Gasteiger partial charge in [0.25, 0.3) is 11.8 Å². The molecule has 26 heavy (non-hydrogen) atoms. The van der Waals surface area contributed by atoms with Crippen LogP contribution in [0.4, 0.5) is 9.18 Å². The fourth-order valence-corrected chi connectivity index (χ4v) is 2.48. The van der Waals surface area contributed by atoms with Gasteiger partial charge in [-0.3, -0.25) is 19.8 Å². The highest BCUT2D eigenvalue weighted by Gasteiger charge is 2.35. The van der Waals surface area contributed by atoms with Crippen molar-refractivity contribution in [3.8, 4) is 5.75 Å². The number of carbonyl (C=O) groups is 3. The molecule has 6 nitrogen and oxygen atoms in total. The van der Waals surface area contributed by atoms with Crippen molar-refractivity contribution >= 4 is 23.9 Å². The van der Waals surface area contributed by atoms with Gasteiger partial charge in [0.15, 0.2) is 0 Å². The molecule has 2 aromatic rings. The van der Waals surface area contributed by atoms with Crippen LogP contribution in [0.5, 0.6) is 5.75 Å². The summed E-state index contributed by atoms with van der Waals surface area (Å²) in [7, 11) is 1.53. The summed E-state index contributed by atoms with van der Waals surface area (Å²) in [5.41, 5.74) is 1.02. The molecule has 1 aliphatic rings. The van der Waals surface area contributed by atoms with Crippen LogP contribution in [0.2, 0.25) is 0 Å². The van der Waals surface area contributed by atoms with Gasteiger partial charge in [0, 0.05) is 0 Å². The Morgan fingerprint density at radius 1 is 1.04 bits per heavy atom. The van der Waals surface area contributed by atoms with Gasteiger partial charge in [-0.25, -0.2) is 9.18 Å². The lowest BCUT2D eigenvalue weighted by atomic mass is 10.1. The molecule has 7 heteroatoms. The number of nitrogens with zero attached hydrogens (tertiary/aromatic N) is 1. The molecular weight excluding hydrogens is 339 g/mol. The highest BCUT2D eigenvalue weighted by Crippen LogP contribution is 2.19. The van der Waals surface area contributed by atoms with Gasteiger partial charge in [-0.05, 0) is 41.5 Å². The number of barbiturate groups is 1. The van der Waals surface area contributed by atoms with Crippen molar-refractivity contribution in [2.45, 2.75) is 6.54 Å². The van der Waals surface area contributed by atoms with E-state index in [0.29, 0.717) is 16.9 Å². The molecule has 0 aromatic heterocycles. The maximum absolute atomic E-state index is 13.0. The van der Waals surface area contributed by atoms with Gasteiger partial charge in [0.1, 0.15) is 17.1 Å². The number of hydrogen-bond donors (Lipinski definition) is 1. The van der Waals surface area contributed by atoms with E-state index in [9.17, 15) is 18.8 Å². The van der Waals surface area contributed by atoms with Gasteiger partial charge < -0.3 is 4.74 Å². The van der Waals surface area contributed by atoms with E-state index in [1.54, 1.807) is 24.3 Å². The molecule has 1 heterocycles. The zero-order valence-corrected chi connectivity index (χ0v) is 13.9. The van der Waals surface area contributed by atoms with E-state index < -0.39 is 23.7 Å². The maximum Gasteiger partial charge on any atom is 0.331 e. The zero-order valence-electron chi connectivity index (χ0n) is 13.9. The molecular formula is C19H15FN2O4. The number of rotatable bonds is 4. The van der Waals surface area contributed by atoms with Crippen molar-refractivity contribution in [2.24, 2.45) is 0 Å². The number of amides is 4. The third-order valence-corrected chi connectivity index (χ3v) is 3.87. The third-order valence-electron chi connectivity index (χ3n) is 3.87. The first-order chi connectivity index (χ1) is 12.5. The van der Waals surface area contributed by atoms with Crippen molar-refractivity contribution in [1.82, 2.24) is 10.2 Å². The lowest BCUT2D eigenvalue weighted by Crippen LogP contribution is -2.53. The topological polar surface area (TPSA) is 75.7 Å². The Kier molecular flexibility index (Phi) is 4.79. The second-order valence-corrected chi connectivity index (χ2v) is 5.61. The number of halogens is 1. The Bertz CT molecular complexity index is 889. The number of benzene rings is 2. The van der Waals surface area contributed by atoms with E-state index in [4.69, 9.17) is 4.74 Å². The Labute approximate surface area is 148 Å². The second-order valence-electron chi connectivity index (χ2n) is 5.61. The highest BCUT2D eigenvalue weighted by atomic mass is 19.1. The number of imide groups is 2. The summed E-state index contributed by atoms with van der Waals surface area (Å²) >= 11 is 0. The van der Waals surface area contributed by atoms with Crippen molar-refractivity contribution in [1.29, 1.82) is 0 Å². The van der Waals surface area contributed by atoms with E-state index >= 15 is 0 Å². The number of nitrogens with one attached hydrogen (secondary N) is 1. The van der Waals surface area contributed by atoms with Gasteiger partial charge in [-0.1, -0.05) is 24.3 Å². The molecule has 132 valence electrons. The number of methoxy groups -OCH3 is 1. The van der Waals surface area contributed by atoms with Crippen molar-refractivity contribution < 1.29 is 23.5 Å². The van der Waals surface area contributed by atoms with Gasteiger partial charge in [-0.2, -0.15) is 0 Å². The Morgan fingerprint density at radius 2 is 1.69 bits per heavy atom. The van der Waals surface area contributed by atoms with Gasteiger partial charge in [0.2, 0.25) is 0 Å². The van der Waals surface area contributed by atoms with Crippen LogP contribution in [-0.4, -0.2) is 29.9 Å². The van der Waals surface area contributed by atoms with Crippen LogP contribution >= 0.6 is 0 Å². The second kappa shape index (κ2) is 7.18. The first-order valence-corrected chi connectivity index (χ1v) is 7.75. The van der Waals surface area contributed by atoms with Crippen LogP contribution in [0.3, 0.4) is 0 Å². The maximum atomic E-state index is 13.0. The van der Waals surface area contributed by atoms with E-state index in [1.165, 1.54) is 37.5 Å². The van der Waals surface area contributed by atoms with E-state index in [1.807, 2.05) is 0 Å². The first-order valence-electron chi connectivity index (χ1n) is 7.75. The van der Waals surface area contributed by atoms with Crippen LogP contribution in [0.25, 0.3) is 6.08 Å². The van der Waals surface area contributed by atoms with Crippen LogP contribution in [0, 0.1) is 5.82 Å². The summed E-state index contributed by atoms with van der Waals surface area (Å²) in [6.07, 6.45) is 1.40. The predicted octanol–water partition coefficient (Wildman–Crippen LogP) is 2.50. The largest absolute Gasteiger partial charge is 0.497 e. The fourth-order valence-electron chi connectivity index (χ4n) is 2.48. The minimum absolute atomic E-state index is 0.0713. The van der Waals surface area contributed by atoms with Gasteiger partial charge >= 0.3 is 6.03 Å².